The van der Waals surface area contributed by atoms with Crippen molar-refractivity contribution in [2.45, 2.75) is 26.0 Å². The molecule has 1 N–H and O–H groups in total. The molecular weight excluding hydrogens is 224 g/mol. The highest BCUT2D eigenvalue weighted by Crippen LogP contribution is 2.23. The van der Waals surface area contributed by atoms with Crippen molar-refractivity contribution in [1.82, 2.24) is 10.3 Å². The first kappa shape index (κ1) is 12.0. The van der Waals surface area contributed by atoms with Gasteiger partial charge in [0.2, 0.25) is 0 Å². The maximum absolute atomic E-state index is 5.61. The minimum absolute atomic E-state index is 0.0404. The van der Waals surface area contributed by atoms with Gasteiger partial charge in [0.05, 0.1) is 25.5 Å². The van der Waals surface area contributed by atoms with Crippen LogP contribution in [0.4, 0.5) is 0 Å². The van der Waals surface area contributed by atoms with Crippen LogP contribution in [0.1, 0.15) is 30.2 Å². The van der Waals surface area contributed by atoms with Crippen LogP contribution in [0.5, 0.6) is 0 Å². The molecule has 16 heavy (non-hydrogen) atoms. The van der Waals surface area contributed by atoms with Crippen LogP contribution in [0.2, 0.25) is 0 Å². The zero-order valence-corrected chi connectivity index (χ0v) is 10.4. The molecule has 4 nitrogen and oxygen atoms in total. The summed E-state index contributed by atoms with van der Waals surface area (Å²) in [4.78, 5) is 4.56. The van der Waals surface area contributed by atoms with E-state index in [0.717, 1.165) is 30.2 Å². The van der Waals surface area contributed by atoms with Crippen LogP contribution in [0.3, 0.4) is 0 Å². The topological polar surface area (TPSA) is 43.4 Å². The molecule has 0 amide bonds. The van der Waals surface area contributed by atoms with E-state index in [9.17, 15) is 0 Å². The first-order chi connectivity index (χ1) is 7.90. The molecule has 1 aliphatic heterocycles. The first-order valence-electron chi connectivity index (χ1n) is 5.74. The van der Waals surface area contributed by atoms with E-state index in [-0.39, 0.29) is 6.10 Å². The van der Waals surface area contributed by atoms with Gasteiger partial charge in [0.25, 0.3) is 0 Å². The summed E-state index contributed by atoms with van der Waals surface area (Å²) in [6.45, 7) is 6.05. The highest BCUT2D eigenvalue weighted by Gasteiger charge is 2.19. The Morgan fingerprint density at radius 1 is 1.56 bits per heavy atom. The van der Waals surface area contributed by atoms with Crippen molar-refractivity contribution in [1.29, 1.82) is 0 Å². The third kappa shape index (κ3) is 3.25. The molecule has 0 radical (unpaired) electrons. The number of nitrogens with zero attached hydrogens (tertiary/aromatic N) is 1. The fraction of sp³-hybridized carbons (Fsp3) is 0.727. The zero-order chi connectivity index (χ0) is 11.2. The Balaban J connectivity index is 1.85. The van der Waals surface area contributed by atoms with Crippen LogP contribution in [0, 0.1) is 0 Å². The van der Waals surface area contributed by atoms with Gasteiger partial charge < -0.3 is 14.8 Å². The predicted octanol–water partition coefficient (Wildman–Crippen LogP) is 1.73. The van der Waals surface area contributed by atoms with E-state index < -0.39 is 0 Å². The van der Waals surface area contributed by atoms with Gasteiger partial charge in [-0.1, -0.05) is 6.92 Å². The smallest absolute Gasteiger partial charge is 0.132 e. The third-order valence-corrected chi connectivity index (χ3v) is 3.38. The van der Waals surface area contributed by atoms with Crippen LogP contribution in [-0.4, -0.2) is 31.3 Å². The van der Waals surface area contributed by atoms with Crippen LogP contribution in [-0.2, 0) is 16.0 Å². The van der Waals surface area contributed by atoms with Crippen LogP contribution in [0.25, 0.3) is 0 Å². The summed E-state index contributed by atoms with van der Waals surface area (Å²) < 4.78 is 11.0. The minimum Gasteiger partial charge on any atom is -0.376 e. The average molecular weight is 242 g/mol. The summed E-state index contributed by atoms with van der Waals surface area (Å²) in [5, 5.41) is 6.47. The summed E-state index contributed by atoms with van der Waals surface area (Å²) >= 11 is 1.66. The summed E-state index contributed by atoms with van der Waals surface area (Å²) in [7, 11) is 0. The van der Waals surface area contributed by atoms with Crippen molar-refractivity contribution in [3.05, 3.63) is 16.1 Å². The maximum atomic E-state index is 5.61. The number of hydrogen-bond donors (Lipinski definition) is 1. The van der Waals surface area contributed by atoms with Gasteiger partial charge in [-0.15, -0.1) is 11.3 Å². The Morgan fingerprint density at radius 2 is 2.50 bits per heavy atom. The Labute approximate surface area is 100.0 Å². The van der Waals surface area contributed by atoms with Gasteiger partial charge in [-0.05, 0) is 13.0 Å². The monoisotopic (exact) mass is 242 g/mol. The second-order valence-electron chi connectivity index (χ2n) is 3.79. The van der Waals surface area contributed by atoms with Crippen molar-refractivity contribution >= 4 is 11.3 Å². The zero-order valence-electron chi connectivity index (χ0n) is 9.57. The molecule has 0 aliphatic carbocycles. The van der Waals surface area contributed by atoms with Gasteiger partial charge in [0, 0.05) is 11.9 Å². The van der Waals surface area contributed by atoms with Crippen LogP contribution in [0.15, 0.2) is 5.38 Å². The third-order valence-electron chi connectivity index (χ3n) is 2.39. The molecule has 90 valence electrons. The molecule has 0 aromatic carbocycles. The fourth-order valence-electron chi connectivity index (χ4n) is 1.58. The molecule has 1 aromatic heterocycles. The largest absolute Gasteiger partial charge is 0.376 e. The Bertz CT molecular complexity index is 311. The van der Waals surface area contributed by atoms with E-state index in [4.69, 9.17) is 9.47 Å². The summed E-state index contributed by atoms with van der Waals surface area (Å²) in [6.07, 6.45) is 1.19. The maximum Gasteiger partial charge on any atom is 0.132 e. The molecule has 5 heteroatoms. The molecule has 0 bridgehead atoms. The number of hydrogen-bond acceptors (Lipinski definition) is 5. The second-order valence-corrected chi connectivity index (χ2v) is 4.68. The van der Waals surface area contributed by atoms with E-state index >= 15 is 0 Å². The summed E-state index contributed by atoms with van der Waals surface area (Å²) in [6, 6.07) is 0. The molecule has 2 heterocycles. The molecule has 1 fully saturated rings. The van der Waals surface area contributed by atoms with Crippen molar-refractivity contribution in [3.8, 4) is 0 Å². The van der Waals surface area contributed by atoms with E-state index in [1.165, 1.54) is 0 Å². The van der Waals surface area contributed by atoms with Crippen LogP contribution >= 0.6 is 11.3 Å². The molecule has 2 rings (SSSR count). The van der Waals surface area contributed by atoms with E-state index in [1.54, 1.807) is 11.3 Å². The molecule has 0 spiro atoms. The highest BCUT2D eigenvalue weighted by atomic mass is 32.1. The molecule has 1 unspecified atom stereocenters. The van der Waals surface area contributed by atoms with Gasteiger partial charge in [0.1, 0.15) is 11.1 Å². The lowest BCUT2D eigenvalue weighted by Crippen LogP contribution is -2.22. The first-order valence-corrected chi connectivity index (χ1v) is 6.62. The number of thiazole rings is 1. The molecule has 1 aromatic rings. The molecule has 0 saturated carbocycles. The lowest BCUT2D eigenvalue weighted by molar-refractivity contribution is -0.0902. The summed E-state index contributed by atoms with van der Waals surface area (Å²) in [5.41, 5.74) is 1.10. The predicted molar refractivity (Wildman–Crippen MR) is 63.6 cm³/mol. The highest BCUT2D eigenvalue weighted by molar-refractivity contribution is 7.09. The van der Waals surface area contributed by atoms with Crippen molar-refractivity contribution < 1.29 is 9.47 Å². The summed E-state index contributed by atoms with van der Waals surface area (Å²) in [5.74, 6) is 0. The Hall–Kier alpha value is -0.490. The van der Waals surface area contributed by atoms with Crippen molar-refractivity contribution in [2.24, 2.45) is 0 Å². The van der Waals surface area contributed by atoms with Gasteiger partial charge in [-0.2, -0.15) is 0 Å². The molecular formula is C11H18N2O2S. The molecule has 1 aliphatic rings. The number of aromatic nitrogens is 1. The van der Waals surface area contributed by atoms with Crippen LogP contribution < -0.4 is 5.32 Å². The number of nitrogens with one attached hydrogen (secondary N) is 1. The normalized spacial score (nSPS) is 21.2. The van der Waals surface area contributed by atoms with Gasteiger partial charge in [-0.25, -0.2) is 4.98 Å². The van der Waals surface area contributed by atoms with E-state index in [2.05, 4.69) is 22.6 Å². The Morgan fingerprint density at radius 3 is 3.25 bits per heavy atom. The molecule has 1 atom stereocenters. The number of rotatable bonds is 5. The lowest BCUT2D eigenvalue weighted by atomic mass is 10.3. The minimum atomic E-state index is 0.0404. The lowest BCUT2D eigenvalue weighted by Gasteiger charge is -2.20. The van der Waals surface area contributed by atoms with E-state index in [1.807, 2.05) is 0 Å². The average Bonchev–Trinajstić information content (AvgIpc) is 2.79. The second kappa shape index (κ2) is 6.30. The van der Waals surface area contributed by atoms with Gasteiger partial charge in [0.15, 0.2) is 0 Å². The number of ether oxygens (including phenoxy) is 2. The van der Waals surface area contributed by atoms with Gasteiger partial charge >= 0.3 is 0 Å². The standard InChI is InChI=1S/C11H18N2O2S/c1-2-3-12-6-9-8-16-11(13-9)10-7-14-4-5-15-10/h8,10,12H,2-7H2,1H3. The van der Waals surface area contributed by atoms with E-state index in [0.29, 0.717) is 19.8 Å². The van der Waals surface area contributed by atoms with Gasteiger partial charge in [-0.3, -0.25) is 0 Å². The quantitative estimate of drug-likeness (QED) is 0.799. The fourth-order valence-corrected chi connectivity index (χ4v) is 2.43. The Kier molecular flexibility index (Phi) is 4.71. The SMILES string of the molecule is CCCNCc1csc(C2COCCO2)n1. The van der Waals surface area contributed by atoms with Crippen molar-refractivity contribution in [2.75, 3.05) is 26.4 Å². The molecule has 1 saturated heterocycles. The van der Waals surface area contributed by atoms with Crippen molar-refractivity contribution in [3.63, 3.8) is 0 Å².